The normalized spacial score (nSPS) is 12.0. The molecule has 0 aliphatic rings. The van der Waals surface area contributed by atoms with Crippen LogP contribution in [0.15, 0.2) is 78.9 Å². The molecule has 0 heterocycles. The Bertz CT molecular complexity index is 1170. The molecule has 6 heteroatoms. The van der Waals surface area contributed by atoms with Crippen molar-refractivity contribution in [2.75, 3.05) is 13.2 Å². The van der Waals surface area contributed by atoms with Crippen molar-refractivity contribution in [3.63, 3.8) is 0 Å². The van der Waals surface area contributed by atoms with E-state index in [0.29, 0.717) is 23.7 Å². The van der Waals surface area contributed by atoms with Crippen LogP contribution >= 0.6 is 11.6 Å². The standard InChI is InChI=1S/C32H39ClN2O3/c1-5-6-19-34-31(37)29(21-24-11-8-7-9-12-24)35(22-25-13-10-14-27(33)20-25)30(36)23-38-28-17-15-26(16-18-28)32(2,3)4/h7-18,20,29H,5-6,19,21-23H2,1-4H3,(H,34,37). The third-order valence-corrected chi connectivity index (χ3v) is 6.66. The summed E-state index contributed by atoms with van der Waals surface area (Å²) < 4.78 is 5.91. The molecule has 3 rings (SSSR count). The molecule has 1 atom stereocenters. The number of carbonyl (C=O) groups excluding carboxylic acids is 2. The van der Waals surface area contributed by atoms with Crippen LogP contribution in [0.4, 0.5) is 0 Å². The maximum atomic E-state index is 13.7. The zero-order valence-corrected chi connectivity index (χ0v) is 23.6. The summed E-state index contributed by atoms with van der Waals surface area (Å²) in [6.45, 7) is 9.16. The smallest absolute Gasteiger partial charge is 0.261 e. The molecule has 2 amide bonds. The number of amides is 2. The van der Waals surface area contributed by atoms with Crippen LogP contribution in [0, 0.1) is 0 Å². The van der Waals surface area contributed by atoms with Gasteiger partial charge in [0.15, 0.2) is 6.61 Å². The summed E-state index contributed by atoms with van der Waals surface area (Å²) in [7, 11) is 0. The van der Waals surface area contributed by atoms with Crippen molar-refractivity contribution in [2.45, 2.75) is 65.0 Å². The molecule has 0 aliphatic heterocycles. The average Bonchev–Trinajstić information content (AvgIpc) is 2.89. The maximum Gasteiger partial charge on any atom is 0.261 e. The SMILES string of the molecule is CCCCNC(=O)C(Cc1ccccc1)N(Cc1cccc(Cl)c1)C(=O)COc1ccc(C(C)(C)C)cc1. The summed E-state index contributed by atoms with van der Waals surface area (Å²) in [5.41, 5.74) is 3.04. The van der Waals surface area contributed by atoms with Gasteiger partial charge in [-0.3, -0.25) is 9.59 Å². The Labute approximate surface area is 232 Å². The zero-order valence-electron chi connectivity index (χ0n) is 22.9. The van der Waals surface area contributed by atoms with Gasteiger partial charge < -0.3 is 15.0 Å². The third-order valence-electron chi connectivity index (χ3n) is 6.43. The molecule has 3 aromatic carbocycles. The van der Waals surface area contributed by atoms with E-state index >= 15 is 0 Å². The van der Waals surface area contributed by atoms with E-state index in [4.69, 9.17) is 16.3 Å². The van der Waals surface area contributed by atoms with Gasteiger partial charge in [0.05, 0.1) is 0 Å². The van der Waals surface area contributed by atoms with Crippen LogP contribution in [-0.4, -0.2) is 35.9 Å². The predicted octanol–water partition coefficient (Wildman–Crippen LogP) is 6.57. The van der Waals surface area contributed by atoms with E-state index in [1.807, 2.05) is 72.8 Å². The Kier molecular flexibility index (Phi) is 10.8. The molecule has 3 aromatic rings. The van der Waals surface area contributed by atoms with Gasteiger partial charge in [-0.15, -0.1) is 0 Å². The Balaban J connectivity index is 1.86. The van der Waals surface area contributed by atoms with Crippen molar-refractivity contribution in [3.05, 3.63) is 101 Å². The molecule has 0 radical (unpaired) electrons. The molecule has 202 valence electrons. The van der Waals surface area contributed by atoms with Crippen LogP contribution in [0.2, 0.25) is 5.02 Å². The van der Waals surface area contributed by atoms with Crippen molar-refractivity contribution in [1.29, 1.82) is 0 Å². The number of hydrogen-bond donors (Lipinski definition) is 1. The first-order valence-corrected chi connectivity index (χ1v) is 13.6. The summed E-state index contributed by atoms with van der Waals surface area (Å²) in [4.78, 5) is 28.8. The van der Waals surface area contributed by atoms with Gasteiger partial charge in [-0.2, -0.15) is 0 Å². The number of carbonyl (C=O) groups is 2. The Morgan fingerprint density at radius 3 is 2.26 bits per heavy atom. The molecule has 0 bridgehead atoms. The molecular weight excluding hydrogens is 496 g/mol. The lowest BCUT2D eigenvalue weighted by Crippen LogP contribution is -2.51. The fraction of sp³-hybridized carbons (Fsp3) is 0.375. The summed E-state index contributed by atoms with van der Waals surface area (Å²) in [5.74, 6) is 0.171. The van der Waals surface area contributed by atoms with Gasteiger partial charge in [-0.25, -0.2) is 0 Å². The largest absolute Gasteiger partial charge is 0.484 e. The summed E-state index contributed by atoms with van der Waals surface area (Å²) in [6, 6.07) is 24.2. The van der Waals surface area contributed by atoms with Gasteiger partial charge >= 0.3 is 0 Å². The van der Waals surface area contributed by atoms with Crippen LogP contribution in [-0.2, 0) is 28.0 Å². The number of nitrogens with one attached hydrogen (secondary N) is 1. The number of rotatable bonds is 12. The van der Waals surface area contributed by atoms with Crippen molar-refractivity contribution >= 4 is 23.4 Å². The van der Waals surface area contributed by atoms with Crippen LogP contribution in [0.5, 0.6) is 5.75 Å². The lowest BCUT2D eigenvalue weighted by Gasteiger charge is -2.31. The minimum atomic E-state index is -0.701. The second-order valence-electron chi connectivity index (χ2n) is 10.6. The third kappa shape index (κ3) is 8.91. The first-order chi connectivity index (χ1) is 18.2. The van der Waals surface area contributed by atoms with Crippen molar-refractivity contribution in [3.8, 4) is 5.75 Å². The Hall–Kier alpha value is -3.31. The molecule has 1 unspecified atom stereocenters. The highest BCUT2D eigenvalue weighted by atomic mass is 35.5. The van der Waals surface area contributed by atoms with E-state index in [1.165, 1.54) is 5.56 Å². The lowest BCUT2D eigenvalue weighted by molar-refractivity contribution is -0.142. The highest BCUT2D eigenvalue weighted by Gasteiger charge is 2.30. The molecule has 0 aromatic heterocycles. The second-order valence-corrected chi connectivity index (χ2v) is 11.0. The Morgan fingerprint density at radius 1 is 0.947 bits per heavy atom. The van der Waals surface area contributed by atoms with Gasteiger partial charge in [0.1, 0.15) is 11.8 Å². The monoisotopic (exact) mass is 534 g/mol. The fourth-order valence-electron chi connectivity index (χ4n) is 4.17. The number of hydrogen-bond acceptors (Lipinski definition) is 3. The second kappa shape index (κ2) is 14.0. The quantitative estimate of drug-likeness (QED) is 0.267. The van der Waals surface area contributed by atoms with Crippen LogP contribution in [0.25, 0.3) is 0 Å². The summed E-state index contributed by atoms with van der Waals surface area (Å²) >= 11 is 6.24. The fourth-order valence-corrected chi connectivity index (χ4v) is 4.38. The van der Waals surface area contributed by atoms with Crippen molar-refractivity contribution in [2.24, 2.45) is 0 Å². The maximum absolute atomic E-state index is 13.7. The van der Waals surface area contributed by atoms with Crippen LogP contribution in [0.3, 0.4) is 0 Å². The molecule has 5 nitrogen and oxygen atoms in total. The topological polar surface area (TPSA) is 58.6 Å². The number of benzene rings is 3. The molecule has 0 spiro atoms. The minimum absolute atomic E-state index is 0.0257. The predicted molar refractivity (Wildman–Crippen MR) is 154 cm³/mol. The molecule has 0 fully saturated rings. The molecule has 0 saturated carbocycles. The zero-order chi connectivity index (χ0) is 27.5. The van der Waals surface area contributed by atoms with Gasteiger partial charge in [-0.1, -0.05) is 100 Å². The van der Waals surface area contributed by atoms with Crippen LogP contribution < -0.4 is 10.1 Å². The molecule has 1 N–H and O–H groups in total. The number of halogens is 1. The van der Waals surface area contributed by atoms with E-state index in [1.54, 1.807) is 11.0 Å². The van der Waals surface area contributed by atoms with E-state index in [-0.39, 0.29) is 30.4 Å². The number of ether oxygens (including phenoxy) is 1. The highest BCUT2D eigenvalue weighted by Crippen LogP contribution is 2.24. The number of unbranched alkanes of at least 4 members (excludes halogenated alkanes) is 1. The van der Waals surface area contributed by atoms with Gasteiger partial charge in [0, 0.05) is 24.5 Å². The van der Waals surface area contributed by atoms with E-state index < -0.39 is 6.04 Å². The average molecular weight is 535 g/mol. The Morgan fingerprint density at radius 2 is 1.63 bits per heavy atom. The molecule has 0 saturated heterocycles. The lowest BCUT2D eigenvalue weighted by atomic mass is 9.87. The van der Waals surface area contributed by atoms with Gasteiger partial charge in [-0.05, 0) is 52.8 Å². The molecular formula is C32H39ClN2O3. The van der Waals surface area contributed by atoms with Crippen molar-refractivity contribution < 1.29 is 14.3 Å². The van der Waals surface area contributed by atoms with Crippen molar-refractivity contribution in [1.82, 2.24) is 10.2 Å². The van der Waals surface area contributed by atoms with Gasteiger partial charge in [0.25, 0.3) is 5.91 Å². The van der Waals surface area contributed by atoms with E-state index in [0.717, 1.165) is 24.0 Å². The highest BCUT2D eigenvalue weighted by molar-refractivity contribution is 6.30. The summed E-state index contributed by atoms with van der Waals surface area (Å²) in [6.07, 6.45) is 2.24. The first-order valence-electron chi connectivity index (χ1n) is 13.3. The van der Waals surface area contributed by atoms with E-state index in [9.17, 15) is 9.59 Å². The first kappa shape index (κ1) is 29.2. The van der Waals surface area contributed by atoms with E-state index in [2.05, 4.69) is 33.0 Å². The number of nitrogens with zero attached hydrogens (tertiary/aromatic N) is 1. The molecule has 38 heavy (non-hydrogen) atoms. The van der Waals surface area contributed by atoms with Gasteiger partial charge in [0.2, 0.25) is 5.91 Å². The minimum Gasteiger partial charge on any atom is -0.484 e. The summed E-state index contributed by atoms with van der Waals surface area (Å²) in [5, 5.41) is 3.61. The molecule has 0 aliphatic carbocycles. The van der Waals surface area contributed by atoms with Crippen LogP contribution in [0.1, 0.15) is 57.2 Å².